The van der Waals surface area contributed by atoms with Crippen molar-refractivity contribution in [3.63, 3.8) is 0 Å². The van der Waals surface area contributed by atoms with E-state index in [1.807, 2.05) is 19.1 Å². The molecule has 0 aliphatic heterocycles. The minimum Gasteiger partial charge on any atom is -0.478 e. The summed E-state index contributed by atoms with van der Waals surface area (Å²) in [7, 11) is 0. The van der Waals surface area contributed by atoms with Gasteiger partial charge in [0, 0.05) is 0 Å². The van der Waals surface area contributed by atoms with Crippen LogP contribution in [0.2, 0.25) is 0 Å². The molecule has 0 heterocycles. The Kier molecular flexibility index (Phi) is 4.80. The highest BCUT2D eigenvalue weighted by atomic mass is 16.4. The summed E-state index contributed by atoms with van der Waals surface area (Å²) < 4.78 is 0. The zero-order chi connectivity index (χ0) is 20.0. The Hall–Kier alpha value is -2.35. The molecule has 27 heavy (non-hydrogen) atoms. The fourth-order valence-electron chi connectivity index (χ4n) is 4.18. The van der Waals surface area contributed by atoms with E-state index in [1.54, 1.807) is 6.07 Å². The van der Waals surface area contributed by atoms with E-state index in [-0.39, 0.29) is 10.8 Å². The lowest BCUT2D eigenvalue weighted by Gasteiger charge is -2.42. The maximum absolute atomic E-state index is 11.2. The van der Waals surface area contributed by atoms with Crippen molar-refractivity contribution in [3.05, 3.63) is 69.8 Å². The first kappa shape index (κ1) is 19.4. The van der Waals surface area contributed by atoms with Gasteiger partial charge in [-0.1, -0.05) is 64.1 Å². The Labute approximate surface area is 162 Å². The quantitative estimate of drug-likeness (QED) is 0.624. The lowest BCUT2D eigenvalue weighted by molar-refractivity contribution is 0.0696. The molecule has 0 saturated carbocycles. The molecule has 0 bridgehead atoms. The molecule has 2 aromatic rings. The number of aromatic carboxylic acids is 1. The third-order valence-corrected chi connectivity index (χ3v) is 6.17. The molecule has 0 aromatic heterocycles. The van der Waals surface area contributed by atoms with Gasteiger partial charge in [-0.2, -0.15) is 0 Å². The molecule has 1 aliphatic rings. The lowest BCUT2D eigenvalue weighted by atomic mass is 9.63. The molecule has 142 valence electrons. The highest BCUT2D eigenvalue weighted by Crippen LogP contribution is 2.46. The number of carboxylic acid groups (broad SMARTS) is 1. The number of hydrogen-bond acceptors (Lipinski definition) is 1. The summed E-state index contributed by atoms with van der Waals surface area (Å²) in [6, 6.07) is 12.4. The van der Waals surface area contributed by atoms with Crippen LogP contribution in [0.3, 0.4) is 0 Å². The van der Waals surface area contributed by atoms with Crippen LogP contribution in [-0.4, -0.2) is 11.1 Å². The number of aryl methyl sites for hydroxylation is 1. The highest BCUT2D eigenvalue weighted by Gasteiger charge is 2.36. The second-order valence-electron chi connectivity index (χ2n) is 9.23. The molecule has 0 amide bonds. The molecule has 0 atom stereocenters. The highest BCUT2D eigenvalue weighted by molar-refractivity contribution is 5.90. The molecule has 3 rings (SSSR count). The van der Waals surface area contributed by atoms with Crippen LogP contribution in [0.5, 0.6) is 0 Å². The number of benzene rings is 2. The molecule has 0 saturated heterocycles. The number of hydrogen-bond donors (Lipinski definition) is 1. The zero-order valence-electron chi connectivity index (χ0n) is 17.3. The topological polar surface area (TPSA) is 37.3 Å². The minimum atomic E-state index is -0.876. The van der Waals surface area contributed by atoms with E-state index in [1.165, 1.54) is 35.1 Å². The van der Waals surface area contributed by atoms with Crippen molar-refractivity contribution in [2.45, 2.75) is 65.2 Å². The van der Waals surface area contributed by atoms with E-state index in [0.29, 0.717) is 5.56 Å². The van der Waals surface area contributed by atoms with Crippen LogP contribution in [0, 0.1) is 6.92 Å². The fourth-order valence-corrected chi connectivity index (χ4v) is 4.18. The summed E-state index contributed by atoms with van der Waals surface area (Å²) in [5.41, 5.74) is 7.97. The summed E-state index contributed by atoms with van der Waals surface area (Å²) >= 11 is 0. The first-order chi connectivity index (χ1) is 12.5. The number of carboxylic acids is 1. The molecule has 2 heteroatoms. The molecular weight excluding hydrogens is 332 g/mol. The normalized spacial score (nSPS) is 18.1. The number of fused-ring (bicyclic) bond motifs is 1. The monoisotopic (exact) mass is 362 g/mol. The molecular formula is C25H30O2. The standard InChI is InChI=1S/C25H30O2/c1-16(13-18-7-9-20(23(26)27)17(2)14-18)19-8-10-21-22(15-19)25(5,6)12-11-24(21,3)4/h7-10,13-15H,11-12H2,1-6H3,(H,26,27)/b16-13+. The SMILES string of the molecule is C/C(=C\c1ccc(C(=O)O)c(C)c1)c1ccc2c(c1)C(C)(C)CCC2(C)C. The maximum atomic E-state index is 11.2. The van der Waals surface area contributed by atoms with Crippen molar-refractivity contribution < 1.29 is 9.90 Å². The summed E-state index contributed by atoms with van der Waals surface area (Å²) in [6.07, 6.45) is 4.56. The van der Waals surface area contributed by atoms with Crippen molar-refractivity contribution in [2.75, 3.05) is 0 Å². The Balaban J connectivity index is 2.01. The van der Waals surface area contributed by atoms with Crippen LogP contribution < -0.4 is 0 Å². The van der Waals surface area contributed by atoms with E-state index in [0.717, 1.165) is 11.1 Å². The molecule has 0 fully saturated rings. The van der Waals surface area contributed by atoms with Crippen molar-refractivity contribution in [1.29, 1.82) is 0 Å². The average molecular weight is 363 g/mol. The summed E-state index contributed by atoms with van der Waals surface area (Å²) in [6.45, 7) is 13.4. The second-order valence-corrected chi connectivity index (χ2v) is 9.23. The van der Waals surface area contributed by atoms with Gasteiger partial charge in [0.2, 0.25) is 0 Å². The van der Waals surface area contributed by atoms with Gasteiger partial charge in [-0.3, -0.25) is 0 Å². The van der Waals surface area contributed by atoms with E-state index >= 15 is 0 Å². The molecule has 1 aliphatic carbocycles. The number of carbonyl (C=O) groups is 1. The fraction of sp³-hybridized carbons (Fsp3) is 0.400. The Morgan fingerprint density at radius 1 is 0.963 bits per heavy atom. The second kappa shape index (κ2) is 6.67. The largest absolute Gasteiger partial charge is 0.478 e. The Morgan fingerprint density at radius 3 is 2.19 bits per heavy atom. The number of rotatable bonds is 3. The van der Waals surface area contributed by atoms with Crippen LogP contribution in [-0.2, 0) is 10.8 Å². The van der Waals surface area contributed by atoms with Crippen molar-refractivity contribution in [3.8, 4) is 0 Å². The molecule has 2 nitrogen and oxygen atoms in total. The first-order valence-corrected chi connectivity index (χ1v) is 9.69. The van der Waals surface area contributed by atoms with Gasteiger partial charge >= 0.3 is 5.97 Å². The van der Waals surface area contributed by atoms with Gasteiger partial charge in [0.15, 0.2) is 0 Å². The summed E-state index contributed by atoms with van der Waals surface area (Å²) in [5.74, 6) is -0.876. The van der Waals surface area contributed by atoms with Gasteiger partial charge in [0.1, 0.15) is 0 Å². The maximum Gasteiger partial charge on any atom is 0.335 e. The van der Waals surface area contributed by atoms with Crippen LogP contribution in [0.25, 0.3) is 11.6 Å². The van der Waals surface area contributed by atoms with Crippen molar-refractivity contribution in [1.82, 2.24) is 0 Å². The zero-order valence-corrected chi connectivity index (χ0v) is 17.3. The van der Waals surface area contributed by atoms with E-state index < -0.39 is 5.97 Å². The van der Waals surface area contributed by atoms with Gasteiger partial charge in [-0.15, -0.1) is 0 Å². The molecule has 0 spiro atoms. The van der Waals surface area contributed by atoms with Gasteiger partial charge in [-0.05, 0) is 77.0 Å². The third-order valence-electron chi connectivity index (χ3n) is 6.17. The van der Waals surface area contributed by atoms with E-state index in [9.17, 15) is 9.90 Å². The Morgan fingerprint density at radius 2 is 1.59 bits per heavy atom. The van der Waals surface area contributed by atoms with Crippen LogP contribution in [0.15, 0.2) is 36.4 Å². The van der Waals surface area contributed by atoms with Crippen molar-refractivity contribution >= 4 is 17.6 Å². The van der Waals surface area contributed by atoms with Gasteiger partial charge < -0.3 is 5.11 Å². The smallest absolute Gasteiger partial charge is 0.335 e. The van der Waals surface area contributed by atoms with Crippen LogP contribution >= 0.6 is 0 Å². The van der Waals surface area contributed by atoms with Gasteiger partial charge in [-0.25, -0.2) is 4.79 Å². The lowest BCUT2D eigenvalue weighted by Crippen LogP contribution is -2.33. The first-order valence-electron chi connectivity index (χ1n) is 9.69. The van der Waals surface area contributed by atoms with Gasteiger partial charge in [0.05, 0.1) is 5.56 Å². The predicted octanol–water partition coefficient (Wildman–Crippen LogP) is 6.60. The van der Waals surface area contributed by atoms with Crippen LogP contribution in [0.4, 0.5) is 0 Å². The van der Waals surface area contributed by atoms with Gasteiger partial charge in [0.25, 0.3) is 0 Å². The Bertz CT molecular complexity index is 929. The number of allylic oxidation sites excluding steroid dienone is 1. The minimum absolute atomic E-state index is 0.195. The molecule has 0 unspecified atom stereocenters. The summed E-state index contributed by atoms with van der Waals surface area (Å²) in [5, 5.41) is 9.20. The van der Waals surface area contributed by atoms with Crippen LogP contribution in [0.1, 0.15) is 85.6 Å². The third kappa shape index (κ3) is 3.71. The average Bonchev–Trinajstić information content (AvgIpc) is 2.58. The predicted molar refractivity (Wildman–Crippen MR) is 113 cm³/mol. The molecule has 0 radical (unpaired) electrons. The van der Waals surface area contributed by atoms with Crippen molar-refractivity contribution in [2.24, 2.45) is 0 Å². The molecule has 1 N–H and O–H groups in total. The summed E-state index contributed by atoms with van der Waals surface area (Å²) in [4.78, 5) is 11.2. The van der Waals surface area contributed by atoms with E-state index in [4.69, 9.17) is 0 Å². The molecule has 2 aromatic carbocycles. The van der Waals surface area contributed by atoms with E-state index in [2.05, 4.69) is 58.9 Å².